The quantitative estimate of drug-likeness (QED) is 0.303. The van der Waals surface area contributed by atoms with Crippen LogP contribution in [-0.2, 0) is 0 Å². The lowest BCUT2D eigenvalue weighted by molar-refractivity contribution is -0.139. The Balaban J connectivity index is 1.47. The van der Waals surface area contributed by atoms with E-state index in [1.807, 2.05) is 18.2 Å². The Morgan fingerprint density at radius 1 is 1.17 bits per heavy atom. The fourth-order valence-electron chi connectivity index (χ4n) is 4.12. The first-order chi connectivity index (χ1) is 16.8. The van der Waals surface area contributed by atoms with Gasteiger partial charge in [0.2, 0.25) is 5.88 Å². The second kappa shape index (κ2) is 10.9. The maximum absolute atomic E-state index is 13.0. The minimum absolute atomic E-state index is 0.0339. The van der Waals surface area contributed by atoms with Gasteiger partial charge in [-0.1, -0.05) is 18.0 Å². The van der Waals surface area contributed by atoms with Crippen LogP contribution in [0.1, 0.15) is 42.6 Å². The predicted molar refractivity (Wildman–Crippen MR) is 131 cm³/mol. The molecule has 1 spiro atoms. The van der Waals surface area contributed by atoms with Gasteiger partial charge in [-0.3, -0.25) is 4.79 Å². The minimum Gasteiger partial charge on any atom is -0.477 e. The van der Waals surface area contributed by atoms with E-state index in [1.165, 1.54) is 43.0 Å². The highest BCUT2D eigenvalue weighted by molar-refractivity contribution is 8.00. The lowest BCUT2D eigenvalue weighted by atomic mass is 9.93. The van der Waals surface area contributed by atoms with Gasteiger partial charge in [0.15, 0.2) is 0 Å². The van der Waals surface area contributed by atoms with E-state index in [-0.39, 0.29) is 18.2 Å². The third-order valence-corrected chi connectivity index (χ3v) is 7.11. The minimum atomic E-state index is -4.32. The molecule has 0 bridgehead atoms. The first kappa shape index (κ1) is 25.4. The Bertz CT molecular complexity index is 1020. The van der Waals surface area contributed by atoms with Crippen molar-refractivity contribution in [3.05, 3.63) is 42.1 Å². The Labute approximate surface area is 206 Å². The molecule has 0 unspecified atom stereocenters. The number of amides is 1. The van der Waals surface area contributed by atoms with Crippen LogP contribution in [0.15, 0.2) is 36.4 Å². The third kappa shape index (κ3) is 7.17. The van der Waals surface area contributed by atoms with Crippen molar-refractivity contribution in [1.29, 1.82) is 0 Å². The zero-order chi connectivity index (χ0) is 24.9. The lowest BCUT2D eigenvalue weighted by Crippen LogP contribution is -2.35. The number of benzene rings is 1. The van der Waals surface area contributed by atoms with Gasteiger partial charge >= 0.3 is 6.18 Å². The molecule has 2 fully saturated rings. The molecule has 3 N–H and O–H groups in total. The van der Waals surface area contributed by atoms with Crippen molar-refractivity contribution >= 4 is 34.9 Å². The van der Waals surface area contributed by atoms with E-state index < -0.39 is 25.1 Å². The molecule has 1 saturated carbocycles. The zero-order valence-corrected chi connectivity index (χ0v) is 20.1. The van der Waals surface area contributed by atoms with Crippen molar-refractivity contribution in [2.24, 2.45) is 5.41 Å². The van der Waals surface area contributed by atoms with E-state index in [2.05, 4.69) is 19.9 Å². The topological polar surface area (TPSA) is 86.7 Å². The maximum Gasteiger partial charge on any atom is 0.392 e. The summed E-state index contributed by atoms with van der Waals surface area (Å²) in [5, 5.41) is 11.9. The van der Waals surface area contributed by atoms with Crippen LogP contribution in [0, 0.1) is 5.41 Å². The number of aliphatic hydroxyl groups excluding tert-OH is 1. The van der Waals surface area contributed by atoms with Crippen LogP contribution in [0.3, 0.4) is 0 Å². The number of alkyl halides is 3. The van der Waals surface area contributed by atoms with Crippen molar-refractivity contribution in [3.8, 4) is 5.88 Å². The number of piperidine rings is 1. The van der Waals surface area contributed by atoms with Gasteiger partial charge in [0.05, 0.1) is 31.0 Å². The van der Waals surface area contributed by atoms with Gasteiger partial charge in [0.25, 0.3) is 5.91 Å². The van der Waals surface area contributed by atoms with Crippen LogP contribution in [0.5, 0.6) is 5.88 Å². The molecule has 1 amide bonds. The summed E-state index contributed by atoms with van der Waals surface area (Å²) in [5.74, 6) is 0.0412. The molecular weight excluding hydrogens is 481 g/mol. The molecule has 190 valence electrons. The van der Waals surface area contributed by atoms with Gasteiger partial charge in [-0.2, -0.15) is 13.2 Å². The second-order valence-corrected chi connectivity index (χ2v) is 9.82. The number of carbonyl (C=O) groups excluding carboxylic acids is 1. The first-order valence-electron chi connectivity index (χ1n) is 11.6. The first-order valence-corrected chi connectivity index (χ1v) is 12.6. The highest BCUT2D eigenvalue weighted by Gasteiger charge is 2.44. The Morgan fingerprint density at radius 3 is 2.63 bits per heavy atom. The summed E-state index contributed by atoms with van der Waals surface area (Å²) in [6.45, 7) is 1.30. The van der Waals surface area contributed by atoms with Gasteiger partial charge in [-0.25, -0.2) is 4.98 Å². The molecule has 1 aliphatic carbocycles. The summed E-state index contributed by atoms with van der Waals surface area (Å²) in [6.07, 6.45) is -0.598. The average molecular weight is 511 g/mol. The largest absolute Gasteiger partial charge is 0.477 e. The molecule has 0 atom stereocenters. The Hall–Kier alpha value is -2.66. The fraction of sp³-hybridized carbons (Fsp3) is 0.500. The molecule has 2 heterocycles. The number of nitrogens with zero attached hydrogens (tertiary/aromatic N) is 2. The van der Waals surface area contributed by atoms with E-state index in [0.29, 0.717) is 16.9 Å². The smallest absolute Gasteiger partial charge is 0.392 e. The molecule has 2 aromatic rings. The zero-order valence-electron chi connectivity index (χ0n) is 19.2. The molecule has 2 aliphatic rings. The number of carbonyl (C=O) groups is 1. The molecule has 11 heteroatoms. The van der Waals surface area contributed by atoms with Crippen molar-refractivity contribution in [2.75, 3.05) is 47.0 Å². The number of aliphatic hydroxyl groups is 1. The number of aromatic nitrogens is 1. The highest BCUT2D eigenvalue weighted by Crippen LogP contribution is 2.54. The molecule has 1 aromatic heterocycles. The summed E-state index contributed by atoms with van der Waals surface area (Å²) in [4.78, 5) is 19.3. The van der Waals surface area contributed by atoms with E-state index in [1.54, 1.807) is 0 Å². The van der Waals surface area contributed by atoms with Gasteiger partial charge in [-0.15, -0.1) is 0 Å². The molecule has 1 saturated heterocycles. The van der Waals surface area contributed by atoms with Crippen LogP contribution < -0.4 is 19.7 Å². The molecule has 0 radical (unpaired) electrons. The lowest BCUT2D eigenvalue weighted by Gasteiger charge is -2.35. The predicted octanol–water partition coefficient (Wildman–Crippen LogP) is 5.10. The number of anilines is 3. The summed E-state index contributed by atoms with van der Waals surface area (Å²) < 4.78 is 45.4. The number of hydrogen-bond donors (Lipinski definition) is 3. The van der Waals surface area contributed by atoms with Crippen molar-refractivity contribution in [2.45, 2.75) is 38.3 Å². The van der Waals surface area contributed by atoms with Crippen LogP contribution in [0.25, 0.3) is 0 Å². The SMILES string of the molecule is O=C(Nc1ccc(NSCCO)cc1N1CCC2(CC1)CC2)c1cccc(OCCC(F)(F)F)n1. The van der Waals surface area contributed by atoms with Crippen LogP contribution in [0.2, 0.25) is 0 Å². The number of halogens is 3. The van der Waals surface area contributed by atoms with Gasteiger partial charge in [-0.05, 0) is 55.4 Å². The van der Waals surface area contributed by atoms with Crippen LogP contribution in [0.4, 0.5) is 30.2 Å². The molecule has 1 aliphatic heterocycles. The van der Waals surface area contributed by atoms with E-state index in [9.17, 15) is 18.0 Å². The summed E-state index contributed by atoms with van der Waals surface area (Å²) in [7, 11) is 0. The van der Waals surface area contributed by atoms with E-state index in [4.69, 9.17) is 9.84 Å². The Kier molecular flexibility index (Phi) is 7.95. The maximum atomic E-state index is 13.0. The van der Waals surface area contributed by atoms with Gasteiger partial charge < -0.3 is 24.8 Å². The molecule has 4 rings (SSSR count). The number of nitrogens with one attached hydrogen (secondary N) is 2. The summed E-state index contributed by atoms with van der Waals surface area (Å²) >= 11 is 1.40. The van der Waals surface area contributed by atoms with E-state index in [0.717, 1.165) is 37.3 Å². The molecule has 7 nitrogen and oxygen atoms in total. The highest BCUT2D eigenvalue weighted by atomic mass is 32.2. The summed E-state index contributed by atoms with van der Waals surface area (Å²) in [6, 6.07) is 10.1. The van der Waals surface area contributed by atoms with Crippen LogP contribution in [-0.4, -0.2) is 54.2 Å². The normalized spacial score (nSPS) is 16.7. The van der Waals surface area contributed by atoms with E-state index >= 15 is 0 Å². The molecular formula is C24H29F3N4O3S. The van der Waals surface area contributed by atoms with Crippen LogP contribution >= 0.6 is 11.9 Å². The number of ether oxygens (including phenoxy) is 1. The standard InChI is InChI=1S/C24H29F3N4O3S/c25-24(26,27)10-14-34-21-3-1-2-19(28-21)22(33)29-18-5-4-17(30-35-15-13-32)16-20(18)31-11-8-23(6-7-23)9-12-31/h1-5,16,30,32H,6-15H2,(H,29,33). The fourth-order valence-corrected chi connectivity index (χ4v) is 4.61. The number of rotatable bonds is 10. The number of pyridine rings is 1. The second-order valence-electron chi connectivity index (χ2n) is 8.92. The Morgan fingerprint density at radius 2 is 1.94 bits per heavy atom. The summed E-state index contributed by atoms with van der Waals surface area (Å²) in [5.41, 5.74) is 2.94. The monoisotopic (exact) mass is 510 g/mol. The average Bonchev–Trinajstić information content (AvgIpc) is 3.59. The van der Waals surface area contributed by atoms with Gasteiger partial charge in [0, 0.05) is 30.6 Å². The third-order valence-electron chi connectivity index (χ3n) is 6.34. The number of hydrogen-bond acceptors (Lipinski definition) is 7. The van der Waals surface area contributed by atoms with Crippen molar-refractivity contribution in [1.82, 2.24) is 4.98 Å². The molecule has 35 heavy (non-hydrogen) atoms. The van der Waals surface area contributed by atoms with Gasteiger partial charge in [0.1, 0.15) is 5.69 Å². The van der Waals surface area contributed by atoms with Crippen molar-refractivity contribution < 1.29 is 27.8 Å². The molecule has 1 aromatic carbocycles. The van der Waals surface area contributed by atoms with Crippen molar-refractivity contribution in [3.63, 3.8) is 0 Å².